The Morgan fingerprint density at radius 1 is 1.44 bits per heavy atom. The molecular weight excluding hydrogens is 246 g/mol. The average molecular weight is 261 g/mol. The minimum Gasteiger partial charge on any atom is -0.497 e. The summed E-state index contributed by atoms with van der Waals surface area (Å²) in [6, 6.07) is 8.51. The summed E-state index contributed by atoms with van der Waals surface area (Å²) in [4.78, 5) is 4.55. The Bertz CT molecular complexity index is 509. The molecule has 0 bridgehead atoms. The van der Waals surface area contributed by atoms with E-state index >= 15 is 0 Å². The number of aliphatic imine (C=N–C) groups is 1. The van der Waals surface area contributed by atoms with Gasteiger partial charge in [0.2, 0.25) is 0 Å². The van der Waals surface area contributed by atoms with Crippen LogP contribution in [0.5, 0.6) is 5.75 Å². The van der Waals surface area contributed by atoms with Crippen LogP contribution in [-0.2, 0) is 0 Å². The third kappa shape index (κ3) is 2.67. The Balaban J connectivity index is 1.74. The van der Waals surface area contributed by atoms with Crippen LogP contribution in [0.1, 0.15) is 18.4 Å². The summed E-state index contributed by atoms with van der Waals surface area (Å²) < 4.78 is 5.22. The van der Waals surface area contributed by atoms with Crippen molar-refractivity contribution in [2.45, 2.75) is 18.9 Å². The van der Waals surface area contributed by atoms with E-state index in [1.807, 2.05) is 24.3 Å². The van der Waals surface area contributed by atoms with Crippen molar-refractivity contribution in [3.63, 3.8) is 0 Å². The third-order valence-corrected chi connectivity index (χ3v) is 3.77. The van der Waals surface area contributed by atoms with Gasteiger partial charge in [0, 0.05) is 11.3 Å². The Morgan fingerprint density at radius 2 is 2.33 bits per heavy atom. The second-order valence-corrected chi connectivity index (χ2v) is 5.32. The smallest absolute Gasteiger partial charge is 0.177 e. The van der Waals surface area contributed by atoms with E-state index in [9.17, 15) is 0 Å². The molecule has 0 radical (unpaired) electrons. The van der Waals surface area contributed by atoms with Crippen LogP contribution in [0.4, 0.5) is 0 Å². The van der Waals surface area contributed by atoms with E-state index in [0.717, 1.165) is 27.9 Å². The van der Waals surface area contributed by atoms with Gasteiger partial charge in [-0.2, -0.15) is 5.10 Å². The number of benzene rings is 1. The maximum Gasteiger partial charge on any atom is 0.177 e. The highest BCUT2D eigenvalue weighted by molar-refractivity contribution is 8.14. The Labute approximate surface area is 111 Å². The summed E-state index contributed by atoms with van der Waals surface area (Å²) in [7, 11) is 1.68. The van der Waals surface area contributed by atoms with Gasteiger partial charge in [0.05, 0.1) is 18.9 Å². The number of amidine groups is 1. The van der Waals surface area contributed by atoms with Gasteiger partial charge in [-0.1, -0.05) is 23.9 Å². The number of hydrazone groups is 1. The summed E-state index contributed by atoms with van der Waals surface area (Å²) in [6.45, 7) is 0. The number of hydrogen-bond donors (Lipinski definition) is 1. The van der Waals surface area contributed by atoms with Gasteiger partial charge in [-0.3, -0.25) is 10.4 Å². The van der Waals surface area contributed by atoms with Gasteiger partial charge in [0.15, 0.2) is 5.17 Å². The van der Waals surface area contributed by atoms with E-state index < -0.39 is 0 Å². The molecule has 1 N–H and O–H groups in total. The molecule has 1 aliphatic heterocycles. The molecule has 1 fully saturated rings. The molecule has 94 valence electrons. The molecule has 0 atom stereocenters. The molecular formula is C13H15N3OS. The maximum atomic E-state index is 5.22. The monoisotopic (exact) mass is 261 g/mol. The minimum absolute atomic E-state index is 0.536. The first-order valence-electron chi connectivity index (χ1n) is 6.03. The topological polar surface area (TPSA) is 46.0 Å². The van der Waals surface area contributed by atoms with E-state index in [4.69, 9.17) is 4.74 Å². The number of hydrogen-bond acceptors (Lipinski definition) is 4. The number of rotatable bonds is 3. The molecule has 0 saturated heterocycles. The van der Waals surface area contributed by atoms with Crippen molar-refractivity contribution in [2.75, 3.05) is 12.9 Å². The van der Waals surface area contributed by atoms with E-state index in [2.05, 4.69) is 15.5 Å². The van der Waals surface area contributed by atoms with Crippen molar-refractivity contribution >= 4 is 22.6 Å². The van der Waals surface area contributed by atoms with Crippen LogP contribution in [0.15, 0.2) is 34.4 Å². The van der Waals surface area contributed by atoms with Crippen molar-refractivity contribution in [1.29, 1.82) is 0 Å². The van der Waals surface area contributed by atoms with E-state index in [-0.39, 0.29) is 0 Å². The van der Waals surface area contributed by atoms with Gasteiger partial charge in [-0.15, -0.1) is 0 Å². The maximum absolute atomic E-state index is 5.22. The molecule has 0 spiro atoms. The fourth-order valence-corrected chi connectivity index (χ4v) is 2.54. The zero-order chi connectivity index (χ0) is 12.4. The zero-order valence-corrected chi connectivity index (χ0v) is 11.0. The molecule has 0 unspecified atom stereocenters. The summed E-state index contributed by atoms with van der Waals surface area (Å²) in [5, 5.41) is 5.35. The number of methoxy groups -OCH3 is 1. The predicted octanol–water partition coefficient (Wildman–Crippen LogP) is 2.25. The summed E-state index contributed by atoms with van der Waals surface area (Å²) in [5.41, 5.74) is 5.17. The molecule has 0 aromatic heterocycles. The van der Waals surface area contributed by atoms with Crippen LogP contribution in [0, 0.1) is 0 Å². The molecule has 1 aromatic rings. The molecule has 3 rings (SSSR count). The zero-order valence-electron chi connectivity index (χ0n) is 10.2. The van der Waals surface area contributed by atoms with Crippen molar-refractivity contribution in [3.05, 3.63) is 29.8 Å². The van der Waals surface area contributed by atoms with Crippen LogP contribution in [0.3, 0.4) is 0 Å². The van der Waals surface area contributed by atoms with Gasteiger partial charge in [-0.05, 0) is 25.0 Å². The lowest BCUT2D eigenvalue weighted by Crippen LogP contribution is -2.25. The lowest BCUT2D eigenvalue weighted by molar-refractivity contribution is 0.414. The first-order valence-corrected chi connectivity index (χ1v) is 7.01. The fraction of sp³-hybridized carbons (Fsp3) is 0.385. The normalized spacial score (nSPS) is 21.4. The van der Waals surface area contributed by atoms with Crippen molar-refractivity contribution in [2.24, 2.45) is 10.1 Å². The number of nitrogens with zero attached hydrogens (tertiary/aromatic N) is 2. The van der Waals surface area contributed by atoms with Gasteiger partial charge in [0.1, 0.15) is 5.75 Å². The first kappa shape index (κ1) is 11.6. The standard InChI is InChI=1S/C13H15N3OS/c1-17-11-4-2-3-9(7-11)12-8-18-13(16-15-12)14-10-5-6-10/h2-4,7,10H,5-6,8H2,1H3,(H,14,16). The van der Waals surface area contributed by atoms with Gasteiger partial charge < -0.3 is 4.74 Å². The van der Waals surface area contributed by atoms with Crippen LogP contribution in [0.25, 0.3) is 0 Å². The fourth-order valence-electron chi connectivity index (χ4n) is 1.70. The van der Waals surface area contributed by atoms with Crippen LogP contribution in [-0.4, -0.2) is 29.8 Å². The third-order valence-electron chi connectivity index (χ3n) is 2.88. The molecule has 1 aromatic carbocycles. The van der Waals surface area contributed by atoms with Crippen LogP contribution < -0.4 is 10.2 Å². The van der Waals surface area contributed by atoms with Crippen LogP contribution >= 0.6 is 11.8 Å². The minimum atomic E-state index is 0.536. The molecule has 0 amide bonds. The summed E-state index contributed by atoms with van der Waals surface area (Å²) in [6.07, 6.45) is 2.44. The number of thioether (sulfide) groups is 1. The summed E-state index contributed by atoms with van der Waals surface area (Å²) in [5.74, 6) is 1.71. The van der Waals surface area contributed by atoms with Gasteiger partial charge in [-0.25, -0.2) is 0 Å². The van der Waals surface area contributed by atoms with E-state index in [1.165, 1.54) is 12.8 Å². The highest BCUT2D eigenvalue weighted by Crippen LogP contribution is 2.26. The van der Waals surface area contributed by atoms with Crippen molar-refractivity contribution in [1.82, 2.24) is 5.43 Å². The van der Waals surface area contributed by atoms with E-state index in [0.29, 0.717) is 6.04 Å². The van der Waals surface area contributed by atoms with Crippen LogP contribution in [0.2, 0.25) is 0 Å². The molecule has 18 heavy (non-hydrogen) atoms. The first-order chi connectivity index (χ1) is 8.85. The molecule has 5 heteroatoms. The van der Waals surface area contributed by atoms with E-state index in [1.54, 1.807) is 18.9 Å². The van der Waals surface area contributed by atoms with Crippen molar-refractivity contribution in [3.8, 4) is 5.75 Å². The average Bonchev–Trinajstić information content (AvgIpc) is 3.24. The van der Waals surface area contributed by atoms with Gasteiger partial charge >= 0.3 is 0 Å². The quantitative estimate of drug-likeness (QED) is 0.907. The van der Waals surface area contributed by atoms with Gasteiger partial charge in [0.25, 0.3) is 0 Å². The second-order valence-electron chi connectivity index (χ2n) is 4.36. The Kier molecular flexibility index (Phi) is 3.23. The second kappa shape index (κ2) is 5.02. The Hall–Kier alpha value is -1.49. The lowest BCUT2D eigenvalue weighted by Gasteiger charge is -2.15. The predicted molar refractivity (Wildman–Crippen MR) is 75.6 cm³/mol. The Morgan fingerprint density at radius 3 is 3.00 bits per heavy atom. The highest BCUT2D eigenvalue weighted by atomic mass is 32.2. The lowest BCUT2D eigenvalue weighted by atomic mass is 10.1. The molecule has 1 heterocycles. The molecule has 1 saturated carbocycles. The SMILES string of the molecule is COc1cccc(C2=NNC(=NC3CC3)SC2)c1. The van der Waals surface area contributed by atoms with Crippen molar-refractivity contribution < 1.29 is 4.74 Å². The largest absolute Gasteiger partial charge is 0.497 e. The summed E-state index contributed by atoms with van der Waals surface area (Å²) >= 11 is 1.72. The molecule has 2 aliphatic rings. The number of ether oxygens (including phenoxy) is 1. The molecule has 1 aliphatic carbocycles. The highest BCUT2D eigenvalue weighted by Gasteiger charge is 2.22. The number of nitrogens with one attached hydrogen (secondary N) is 1. The molecule has 4 nitrogen and oxygen atoms in total.